The van der Waals surface area contributed by atoms with Crippen molar-refractivity contribution >= 4 is 61.5 Å². The van der Waals surface area contributed by atoms with Crippen molar-refractivity contribution in [2.45, 2.75) is 11.4 Å². The number of hydrogen-bond acceptors (Lipinski definition) is 7. The molecule has 0 N–H and O–H groups in total. The van der Waals surface area contributed by atoms with Gasteiger partial charge in [-0.05, 0) is 30.3 Å². The highest BCUT2D eigenvalue weighted by Gasteiger charge is 2.29. The summed E-state index contributed by atoms with van der Waals surface area (Å²) in [5.74, 6) is -1.88. The van der Waals surface area contributed by atoms with Crippen molar-refractivity contribution in [2.24, 2.45) is 0 Å². The van der Waals surface area contributed by atoms with E-state index < -0.39 is 27.6 Å². The summed E-state index contributed by atoms with van der Waals surface area (Å²) >= 11 is 2.46. The first-order chi connectivity index (χ1) is 13.7. The Morgan fingerprint density at radius 1 is 1.14 bits per heavy atom. The number of thioether (sulfide) groups is 1. The van der Waals surface area contributed by atoms with Crippen LogP contribution < -0.4 is 9.47 Å². The molecule has 1 aliphatic heterocycles. The summed E-state index contributed by atoms with van der Waals surface area (Å²) in [6.45, 7) is -0.0331. The number of fused-ring (bicyclic) bond motifs is 2. The summed E-state index contributed by atoms with van der Waals surface area (Å²) in [5.41, 5.74) is 0.790. The zero-order valence-corrected chi connectivity index (χ0v) is 17.0. The number of carbonyl (C=O) groups is 1. The van der Waals surface area contributed by atoms with E-state index in [0.717, 1.165) is 10.8 Å². The zero-order valence-electron chi connectivity index (χ0n) is 14.5. The van der Waals surface area contributed by atoms with Crippen LogP contribution in [-0.2, 0) is 21.5 Å². The maximum absolute atomic E-state index is 13.7. The van der Waals surface area contributed by atoms with Crippen molar-refractivity contribution in [3.8, 4) is 0 Å². The molecular formula is C18H12F2N2O4S3. The predicted molar refractivity (Wildman–Crippen MR) is 105 cm³/mol. The molecule has 0 saturated carbocycles. The van der Waals surface area contributed by atoms with Gasteiger partial charge in [0.05, 0.1) is 16.8 Å². The molecular weight excluding hydrogens is 442 g/mol. The Balaban J connectivity index is 1.86. The standard InChI is InChI=1S/C18H12F2N2O4S3/c19-11-1-3-15-13(7-11)21(5-6-23)17(27-15)9-18-22(10-29(24,25)26)14-8-12(20)2-4-16(14)28-18/h1-4,6-9H,5,10H2. The second-order valence-electron chi connectivity index (χ2n) is 6.14. The second-order valence-corrected chi connectivity index (χ2v) is 9.64. The molecule has 2 aromatic carbocycles. The van der Waals surface area contributed by atoms with E-state index in [4.69, 9.17) is 0 Å². The first kappa shape index (κ1) is 20.0. The molecule has 0 amide bonds. The quantitative estimate of drug-likeness (QED) is 0.335. The van der Waals surface area contributed by atoms with Gasteiger partial charge in [-0.15, -0.1) is 0 Å². The Morgan fingerprint density at radius 2 is 1.86 bits per heavy atom. The highest BCUT2D eigenvalue weighted by molar-refractivity contribution is 8.04. The third-order valence-electron chi connectivity index (χ3n) is 4.18. The Morgan fingerprint density at radius 3 is 2.59 bits per heavy atom. The molecule has 29 heavy (non-hydrogen) atoms. The molecule has 0 unspecified atom stereocenters. The number of aldehydes is 1. The molecule has 6 nitrogen and oxygen atoms in total. The summed E-state index contributed by atoms with van der Waals surface area (Å²) in [4.78, 5) is 13.0. The van der Waals surface area contributed by atoms with Crippen LogP contribution in [0, 0.1) is 11.6 Å². The van der Waals surface area contributed by atoms with E-state index in [0.29, 0.717) is 26.7 Å². The summed E-state index contributed by atoms with van der Waals surface area (Å²) in [7, 11) is -4.65. The van der Waals surface area contributed by atoms with Gasteiger partial charge in [0, 0.05) is 11.0 Å². The highest BCUT2D eigenvalue weighted by Crippen LogP contribution is 2.47. The van der Waals surface area contributed by atoms with E-state index in [1.54, 1.807) is 16.7 Å². The van der Waals surface area contributed by atoms with Gasteiger partial charge in [-0.25, -0.2) is 17.2 Å². The second kappa shape index (κ2) is 7.48. The van der Waals surface area contributed by atoms with Crippen LogP contribution in [0.25, 0.3) is 16.3 Å². The number of carbonyl (C=O) groups excluding carboxylic acids is 1. The lowest BCUT2D eigenvalue weighted by Crippen LogP contribution is -2.36. The van der Waals surface area contributed by atoms with Gasteiger partial charge in [0.2, 0.25) is 12.1 Å². The SMILES string of the molecule is O=CC[n+]1c(C=C2Sc3ccc(F)cc3N2CS(=O)(=O)[O-])sc2ccc(F)cc21. The number of aromatic nitrogens is 1. The lowest BCUT2D eigenvalue weighted by Gasteiger charge is -2.21. The van der Waals surface area contributed by atoms with Gasteiger partial charge < -0.3 is 9.45 Å². The summed E-state index contributed by atoms with van der Waals surface area (Å²) in [6.07, 6.45) is 2.28. The molecule has 150 valence electrons. The maximum atomic E-state index is 13.7. The molecule has 0 radical (unpaired) electrons. The van der Waals surface area contributed by atoms with Crippen molar-refractivity contribution in [1.82, 2.24) is 0 Å². The molecule has 0 aliphatic carbocycles. The van der Waals surface area contributed by atoms with Gasteiger partial charge in [0.25, 0.3) is 5.01 Å². The molecule has 11 heteroatoms. The topological polar surface area (TPSA) is 81.4 Å². The van der Waals surface area contributed by atoms with Crippen LogP contribution >= 0.6 is 23.1 Å². The van der Waals surface area contributed by atoms with Gasteiger partial charge in [-0.3, -0.25) is 4.79 Å². The van der Waals surface area contributed by atoms with Crippen molar-refractivity contribution < 1.29 is 31.1 Å². The largest absolute Gasteiger partial charge is 0.747 e. The monoisotopic (exact) mass is 454 g/mol. The predicted octanol–water partition coefficient (Wildman–Crippen LogP) is 3.08. The molecule has 2 heterocycles. The van der Waals surface area contributed by atoms with Crippen LogP contribution in [0.15, 0.2) is 46.3 Å². The number of hydrogen-bond donors (Lipinski definition) is 0. The normalized spacial score (nSPS) is 15.3. The average molecular weight is 455 g/mol. The van der Waals surface area contributed by atoms with Crippen LogP contribution in [0.5, 0.6) is 0 Å². The number of anilines is 1. The van der Waals surface area contributed by atoms with E-state index in [-0.39, 0.29) is 12.2 Å². The number of nitrogens with zero attached hydrogens (tertiary/aromatic N) is 2. The first-order valence-electron chi connectivity index (χ1n) is 8.21. The molecule has 0 saturated heterocycles. The molecule has 0 bridgehead atoms. The fourth-order valence-electron chi connectivity index (χ4n) is 3.02. The fourth-order valence-corrected chi connectivity index (χ4v) is 5.94. The Bertz CT molecular complexity index is 1270. The van der Waals surface area contributed by atoms with Gasteiger partial charge in [0.1, 0.15) is 32.3 Å². The third-order valence-corrected chi connectivity index (χ3v) is 6.98. The summed E-state index contributed by atoms with van der Waals surface area (Å²) < 4.78 is 63.9. The lowest BCUT2D eigenvalue weighted by molar-refractivity contribution is -0.654. The Kier molecular flexibility index (Phi) is 5.15. The third kappa shape index (κ3) is 4.04. The minimum atomic E-state index is -4.65. The Hall–Kier alpha value is -2.34. The van der Waals surface area contributed by atoms with Crippen LogP contribution in [-0.4, -0.2) is 25.1 Å². The minimum absolute atomic E-state index is 0.0331. The lowest BCUT2D eigenvalue weighted by atomic mass is 10.3. The van der Waals surface area contributed by atoms with Crippen molar-refractivity contribution in [2.75, 3.05) is 10.8 Å². The van der Waals surface area contributed by atoms with Gasteiger partial charge in [-0.1, -0.05) is 23.1 Å². The number of benzene rings is 2. The van der Waals surface area contributed by atoms with Crippen LogP contribution in [0.2, 0.25) is 0 Å². The Labute approximate surface area is 172 Å². The van der Waals surface area contributed by atoms with E-state index >= 15 is 0 Å². The van der Waals surface area contributed by atoms with E-state index in [1.165, 1.54) is 52.3 Å². The molecule has 1 aliphatic rings. The van der Waals surface area contributed by atoms with Crippen LogP contribution in [0.1, 0.15) is 5.01 Å². The average Bonchev–Trinajstić information content (AvgIpc) is 3.13. The summed E-state index contributed by atoms with van der Waals surface area (Å²) in [5, 5.41) is 0.943. The molecule has 4 rings (SSSR count). The first-order valence-corrected chi connectivity index (χ1v) is 11.4. The number of thiazole rings is 1. The van der Waals surface area contributed by atoms with Crippen molar-refractivity contribution in [1.29, 1.82) is 0 Å². The molecule has 0 fully saturated rings. The van der Waals surface area contributed by atoms with E-state index in [2.05, 4.69) is 0 Å². The van der Waals surface area contributed by atoms with Crippen LogP contribution in [0.4, 0.5) is 14.5 Å². The van der Waals surface area contributed by atoms with Gasteiger partial charge in [-0.2, -0.15) is 4.57 Å². The van der Waals surface area contributed by atoms with Crippen molar-refractivity contribution in [3.63, 3.8) is 0 Å². The summed E-state index contributed by atoms with van der Waals surface area (Å²) in [6, 6.07) is 8.11. The highest BCUT2D eigenvalue weighted by atomic mass is 32.2. The smallest absolute Gasteiger partial charge is 0.265 e. The maximum Gasteiger partial charge on any atom is 0.265 e. The minimum Gasteiger partial charge on any atom is -0.747 e. The van der Waals surface area contributed by atoms with E-state index in [1.807, 2.05) is 0 Å². The zero-order chi connectivity index (χ0) is 20.8. The van der Waals surface area contributed by atoms with E-state index in [9.17, 15) is 26.5 Å². The van der Waals surface area contributed by atoms with Gasteiger partial charge >= 0.3 is 0 Å². The fraction of sp³-hybridized carbons (Fsp3) is 0.111. The van der Waals surface area contributed by atoms with Gasteiger partial charge in [0.15, 0.2) is 6.29 Å². The van der Waals surface area contributed by atoms with Crippen molar-refractivity contribution in [3.05, 3.63) is 58.1 Å². The number of rotatable bonds is 5. The molecule has 1 aromatic heterocycles. The molecule has 3 aromatic rings. The molecule has 0 atom stereocenters. The number of halogens is 2. The molecule has 0 spiro atoms. The van der Waals surface area contributed by atoms with Crippen LogP contribution in [0.3, 0.4) is 0 Å².